The monoisotopic (exact) mass is 298 g/mol. The number of rotatable bonds is 4. The predicted octanol–water partition coefficient (Wildman–Crippen LogP) is 1.13. The lowest BCUT2D eigenvalue weighted by Crippen LogP contribution is -2.18. The van der Waals surface area contributed by atoms with Gasteiger partial charge in [0.25, 0.3) is 0 Å². The molecule has 0 bridgehead atoms. The first-order valence-electron chi connectivity index (χ1n) is 6.52. The molecule has 0 fully saturated rings. The van der Waals surface area contributed by atoms with E-state index < -0.39 is 5.69 Å². The van der Waals surface area contributed by atoms with Crippen molar-refractivity contribution in [3.63, 3.8) is 0 Å². The zero-order valence-electron chi connectivity index (χ0n) is 12.1. The summed E-state index contributed by atoms with van der Waals surface area (Å²) in [4.78, 5) is 25.0. The molecule has 0 aliphatic rings. The van der Waals surface area contributed by atoms with E-state index in [1.165, 1.54) is 11.3 Å². The van der Waals surface area contributed by atoms with Crippen molar-refractivity contribution >= 4 is 23.2 Å². The van der Waals surface area contributed by atoms with Crippen molar-refractivity contribution in [2.45, 2.75) is 0 Å². The molecule has 0 saturated heterocycles. The van der Waals surface area contributed by atoms with E-state index in [1.807, 2.05) is 24.3 Å². The molecule has 22 heavy (non-hydrogen) atoms. The van der Waals surface area contributed by atoms with E-state index in [0.717, 1.165) is 11.3 Å². The maximum absolute atomic E-state index is 11.5. The minimum atomic E-state index is -0.471. The van der Waals surface area contributed by atoms with Crippen molar-refractivity contribution in [2.24, 2.45) is 5.10 Å². The van der Waals surface area contributed by atoms with Gasteiger partial charge in [-0.3, -0.25) is 4.98 Å². The summed E-state index contributed by atoms with van der Waals surface area (Å²) >= 11 is 0. The number of benzene rings is 1. The molecule has 0 aliphatic carbocycles. The predicted molar refractivity (Wildman–Crippen MR) is 83.5 cm³/mol. The number of nitrogens with one attached hydrogen (secondary N) is 2. The Hall–Kier alpha value is -3.16. The van der Waals surface area contributed by atoms with Crippen molar-refractivity contribution in [2.75, 3.05) is 19.2 Å². The second-order valence-electron chi connectivity index (χ2n) is 4.53. The van der Waals surface area contributed by atoms with E-state index >= 15 is 0 Å². The molecule has 112 valence electrons. The van der Waals surface area contributed by atoms with Gasteiger partial charge in [-0.1, -0.05) is 0 Å². The van der Waals surface area contributed by atoms with E-state index in [1.54, 1.807) is 20.4 Å². The van der Waals surface area contributed by atoms with Crippen LogP contribution in [0.3, 0.4) is 0 Å². The topological polar surface area (TPSA) is 99.3 Å². The van der Waals surface area contributed by atoms with Gasteiger partial charge in [0.2, 0.25) is 0 Å². The highest BCUT2D eigenvalue weighted by Crippen LogP contribution is 2.17. The number of hydrogen-bond acceptors (Lipinski definition) is 6. The van der Waals surface area contributed by atoms with Gasteiger partial charge in [0, 0.05) is 7.05 Å². The number of hydrogen-bond donors (Lipinski definition) is 2. The number of ether oxygens (including phenoxy) is 1. The quantitative estimate of drug-likeness (QED) is 0.555. The summed E-state index contributed by atoms with van der Waals surface area (Å²) < 4.78 is 5.10. The third kappa shape index (κ3) is 2.66. The lowest BCUT2D eigenvalue weighted by molar-refractivity contribution is 0.415. The third-order valence-corrected chi connectivity index (χ3v) is 3.10. The van der Waals surface area contributed by atoms with Gasteiger partial charge in [-0.15, -0.1) is 0 Å². The second kappa shape index (κ2) is 5.68. The fourth-order valence-electron chi connectivity index (χ4n) is 1.97. The Bertz CT molecular complexity index is 865. The summed E-state index contributed by atoms with van der Waals surface area (Å²) in [6, 6.07) is 7.46. The number of fused-ring (bicyclic) bond motifs is 1. The Balaban J connectivity index is 1.89. The van der Waals surface area contributed by atoms with Gasteiger partial charge in [0.05, 0.1) is 19.7 Å². The molecule has 0 aliphatic heterocycles. The van der Waals surface area contributed by atoms with Gasteiger partial charge < -0.3 is 9.72 Å². The van der Waals surface area contributed by atoms with Gasteiger partial charge >= 0.3 is 5.69 Å². The molecule has 3 rings (SSSR count). The molecule has 0 radical (unpaired) electrons. The second-order valence-corrected chi connectivity index (χ2v) is 4.53. The summed E-state index contributed by atoms with van der Waals surface area (Å²) in [6.45, 7) is 0. The number of aromatic amines is 2. The summed E-state index contributed by atoms with van der Waals surface area (Å²) in [5.74, 6) is 1.18. The molecule has 3 aromatic rings. The van der Waals surface area contributed by atoms with Crippen LogP contribution in [0.25, 0.3) is 11.2 Å². The minimum Gasteiger partial charge on any atom is -0.497 e. The molecule has 0 saturated carbocycles. The molecule has 0 atom stereocenters. The number of imidazole rings is 1. The van der Waals surface area contributed by atoms with E-state index in [0.29, 0.717) is 17.0 Å². The Morgan fingerprint density at radius 1 is 1.32 bits per heavy atom. The van der Waals surface area contributed by atoms with Crippen LogP contribution in [-0.4, -0.2) is 40.3 Å². The maximum atomic E-state index is 11.5. The Morgan fingerprint density at radius 3 is 2.82 bits per heavy atom. The molecule has 2 aromatic heterocycles. The average molecular weight is 298 g/mol. The highest BCUT2D eigenvalue weighted by molar-refractivity contribution is 5.84. The Morgan fingerprint density at radius 2 is 2.09 bits per heavy atom. The van der Waals surface area contributed by atoms with Gasteiger partial charge in [0.1, 0.15) is 11.3 Å². The third-order valence-electron chi connectivity index (χ3n) is 3.10. The lowest BCUT2D eigenvalue weighted by Gasteiger charge is -2.11. The number of methoxy groups -OCH3 is 1. The average Bonchev–Trinajstić information content (AvgIpc) is 3.00. The number of hydrazone groups is 1. The fraction of sp³-hybridized carbons (Fsp3) is 0.143. The number of H-pyrrole nitrogens is 2. The zero-order chi connectivity index (χ0) is 15.5. The summed E-state index contributed by atoms with van der Waals surface area (Å²) in [5, 5.41) is 5.81. The van der Waals surface area contributed by atoms with Crippen molar-refractivity contribution in [1.82, 2.24) is 19.9 Å². The van der Waals surface area contributed by atoms with Crippen molar-refractivity contribution in [1.29, 1.82) is 0 Å². The Labute approximate surface area is 125 Å². The zero-order valence-corrected chi connectivity index (χ0v) is 12.1. The van der Waals surface area contributed by atoms with Gasteiger partial charge in [-0.2, -0.15) is 10.1 Å². The van der Waals surface area contributed by atoms with Crippen LogP contribution in [0, 0.1) is 0 Å². The first-order valence-corrected chi connectivity index (χ1v) is 6.52. The molecular formula is C14H14N6O2. The van der Waals surface area contributed by atoms with Crippen LogP contribution in [0.5, 0.6) is 5.75 Å². The SMILES string of the molecule is COc1ccc(/C=N/N(C)c2nc(=O)[nH]c3nc[nH]c23)cc1. The fourth-order valence-corrected chi connectivity index (χ4v) is 1.97. The van der Waals surface area contributed by atoms with Gasteiger partial charge in [-0.05, 0) is 29.8 Å². The van der Waals surface area contributed by atoms with Crippen LogP contribution in [0.15, 0.2) is 40.5 Å². The van der Waals surface area contributed by atoms with Gasteiger partial charge in [0.15, 0.2) is 11.5 Å². The normalized spacial score (nSPS) is 11.2. The van der Waals surface area contributed by atoms with Crippen molar-refractivity contribution in [3.8, 4) is 5.75 Å². The largest absolute Gasteiger partial charge is 0.497 e. The summed E-state index contributed by atoms with van der Waals surface area (Å²) in [7, 11) is 3.33. The van der Waals surface area contributed by atoms with Crippen LogP contribution < -0.4 is 15.4 Å². The first-order chi connectivity index (χ1) is 10.7. The maximum Gasteiger partial charge on any atom is 0.348 e. The van der Waals surface area contributed by atoms with Crippen LogP contribution >= 0.6 is 0 Å². The highest BCUT2D eigenvalue weighted by Gasteiger charge is 2.10. The van der Waals surface area contributed by atoms with E-state index in [9.17, 15) is 4.79 Å². The minimum absolute atomic E-state index is 0.404. The van der Waals surface area contributed by atoms with Crippen LogP contribution in [-0.2, 0) is 0 Å². The van der Waals surface area contributed by atoms with E-state index in [4.69, 9.17) is 4.74 Å². The molecule has 2 N–H and O–H groups in total. The first kappa shape index (κ1) is 13.8. The molecule has 8 heteroatoms. The molecule has 1 aromatic carbocycles. The number of anilines is 1. The van der Waals surface area contributed by atoms with E-state index in [-0.39, 0.29) is 0 Å². The van der Waals surface area contributed by atoms with Gasteiger partial charge in [-0.25, -0.2) is 14.8 Å². The molecule has 0 spiro atoms. The number of aromatic nitrogens is 4. The number of nitrogens with zero attached hydrogens (tertiary/aromatic N) is 4. The summed E-state index contributed by atoms with van der Waals surface area (Å²) in [6.07, 6.45) is 3.16. The standard InChI is InChI=1S/C14H14N6O2/c1-20(17-7-9-3-5-10(22-2)6-4-9)13-11-12(16-8-15-11)18-14(21)19-13/h3-8H,1-2H3,(H2,15,16,18,19,21)/b17-7+. The molecule has 0 amide bonds. The molecule has 8 nitrogen and oxygen atoms in total. The van der Waals surface area contributed by atoms with Crippen molar-refractivity contribution < 1.29 is 4.74 Å². The molecule has 0 unspecified atom stereocenters. The van der Waals surface area contributed by atoms with Crippen LogP contribution in [0.4, 0.5) is 5.82 Å². The van der Waals surface area contributed by atoms with E-state index in [2.05, 4.69) is 25.0 Å². The molecule has 2 heterocycles. The van der Waals surface area contributed by atoms with Crippen LogP contribution in [0.2, 0.25) is 0 Å². The summed E-state index contributed by atoms with van der Waals surface area (Å²) in [5.41, 5.74) is 1.50. The highest BCUT2D eigenvalue weighted by atomic mass is 16.5. The van der Waals surface area contributed by atoms with Crippen molar-refractivity contribution in [3.05, 3.63) is 46.6 Å². The van der Waals surface area contributed by atoms with Crippen LogP contribution in [0.1, 0.15) is 5.56 Å². The lowest BCUT2D eigenvalue weighted by atomic mass is 10.2. The molecular weight excluding hydrogens is 284 g/mol. The smallest absolute Gasteiger partial charge is 0.348 e. The Kier molecular flexibility index (Phi) is 3.57.